The summed E-state index contributed by atoms with van der Waals surface area (Å²) in [6, 6.07) is 7.79. The molecule has 0 aliphatic carbocycles. The fraction of sp³-hybridized carbons (Fsp3) is 0.312. The molecule has 0 unspecified atom stereocenters. The number of aliphatic hydroxyl groups is 1. The molecule has 0 atom stereocenters. The van der Waals surface area contributed by atoms with Crippen molar-refractivity contribution < 1.29 is 9.84 Å². The molecule has 0 amide bonds. The highest BCUT2D eigenvalue weighted by atomic mass is 16.5. The van der Waals surface area contributed by atoms with Gasteiger partial charge in [0.1, 0.15) is 5.75 Å². The normalized spacial score (nSPS) is 10.6. The first-order valence-electron chi connectivity index (χ1n) is 6.71. The summed E-state index contributed by atoms with van der Waals surface area (Å²) in [7, 11) is 1.64. The highest BCUT2D eigenvalue weighted by Crippen LogP contribution is 2.25. The molecule has 0 saturated carbocycles. The topological polar surface area (TPSA) is 61.4 Å². The van der Waals surface area contributed by atoms with Crippen LogP contribution in [0.4, 0.5) is 0 Å². The van der Waals surface area contributed by atoms with Gasteiger partial charge in [-0.05, 0) is 12.1 Å². The van der Waals surface area contributed by atoms with E-state index in [-0.39, 0.29) is 6.61 Å². The van der Waals surface area contributed by atoms with Crippen LogP contribution in [0.3, 0.4) is 0 Å². The third kappa shape index (κ3) is 3.85. The van der Waals surface area contributed by atoms with Gasteiger partial charge in [0, 0.05) is 24.2 Å². The second-order valence-corrected chi connectivity index (χ2v) is 4.64. The van der Waals surface area contributed by atoms with E-state index in [1.165, 1.54) is 0 Å². The van der Waals surface area contributed by atoms with Gasteiger partial charge in [-0.25, -0.2) is 0 Å². The zero-order chi connectivity index (χ0) is 15.1. The Labute approximate surface area is 124 Å². The highest BCUT2D eigenvalue weighted by molar-refractivity contribution is 5.64. The summed E-state index contributed by atoms with van der Waals surface area (Å²) >= 11 is 0. The van der Waals surface area contributed by atoms with Crippen molar-refractivity contribution in [1.29, 1.82) is 0 Å². The Morgan fingerprint density at radius 2 is 2.33 bits per heavy atom. The van der Waals surface area contributed by atoms with Crippen molar-refractivity contribution in [3.05, 3.63) is 36.0 Å². The molecule has 0 fully saturated rings. The van der Waals surface area contributed by atoms with E-state index in [0.717, 1.165) is 22.6 Å². The maximum absolute atomic E-state index is 9.10. The number of nitrogens with one attached hydrogen (secondary N) is 1. The Balaban J connectivity index is 2.23. The van der Waals surface area contributed by atoms with Crippen LogP contribution < -0.4 is 4.74 Å². The molecule has 5 nitrogen and oxygen atoms in total. The number of methoxy groups -OCH3 is 1. The monoisotopic (exact) mass is 285 g/mol. The van der Waals surface area contributed by atoms with Gasteiger partial charge >= 0.3 is 0 Å². The van der Waals surface area contributed by atoms with E-state index in [2.05, 4.69) is 16.1 Å². The minimum atomic E-state index is 0.0774. The van der Waals surface area contributed by atoms with Gasteiger partial charge in [0.2, 0.25) is 0 Å². The van der Waals surface area contributed by atoms with E-state index in [9.17, 15) is 0 Å². The molecule has 0 saturated heterocycles. The molecule has 0 spiro atoms. The van der Waals surface area contributed by atoms with Crippen LogP contribution >= 0.6 is 0 Å². The largest absolute Gasteiger partial charge is 0.497 e. The van der Waals surface area contributed by atoms with Crippen molar-refractivity contribution in [2.24, 2.45) is 0 Å². The summed E-state index contributed by atoms with van der Waals surface area (Å²) < 4.78 is 5.25. The van der Waals surface area contributed by atoms with E-state index in [1.54, 1.807) is 13.3 Å². The van der Waals surface area contributed by atoms with Crippen LogP contribution in [0.1, 0.15) is 5.56 Å². The smallest absolute Gasteiger partial charge is 0.119 e. The molecule has 1 aromatic carbocycles. The highest BCUT2D eigenvalue weighted by Gasteiger charge is 2.12. The Morgan fingerprint density at radius 3 is 3.05 bits per heavy atom. The van der Waals surface area contributed by atoms with Crippen LogP contribution in [0.25, 0.3) is 11.3 Å². The molecule has 2 N–H and O–H groups in total. The van der Waals surface area contributed by atoms with Gasteiger partial charge in [-0.15, -0.1) is 6.42 Å². The van der Waals surface area contributed by atoms with Gasteiger partial charge in [-0.3, -0.25) is 10.00 Å². The van der Waals surface area contributed by atoms with E-state index in [4.69, 9.17) is 16.3 Å². The van der Waals surface area contributed by atoms with Crippen molar-refractivity contribution in [1.82, 2.24) is 15.1 Å². The summed E-state index contributed by atoms with van der Waals surface area (Å²) in [6.07, 6.45) is 7.15. The quantitative estimate of drug-likeness (QED) is 0.757. The molecule has 0 aliphatic rings. The van der Waals surface area contributed by atoms with Crippen molar-refractivity contribution in [3.8, 4) is 29.4 Å². The number of aromatic nitrogens is 2. The molecule has 2 rings (SSSR count). The van der Waals surface area contributed by atoms with Crippen LogP contribution in [0.5, 0.6) is 5.75 Å². The van der Waals surface area contributed by atoms with Gasteiger partial charge in [0.25, 0.3) is 0 Å². The molecule has 21 heavy (non-hydrogen) atoms. The lowest BCUT2D eigenvalue weighted by molar-refractivity contribution is 0.205. The number of hydrogen-bond acceptors (Lipinski definition) is 4. The average Bonchev–Trinajstić information content (AvgIpc) is 2.96. The van der Waals surface area contributed by atoms with Gasteiger partial charge < -0.3 is 9.84 Å². The molecule has 1 heterocycles. The molecule has 0 aliphatic heterocycles. The number of hydrogen-bond donors (Lipinski definition) is 2. The number of nitrogens with zero attached hydrogens (tertiary/aromatic N) is 2. The zero-order valence-electron chi connectivity index (χ0n) is 12.0. The minimum absolute atomic E-state index is 0.0774. The lowest BCUT2D eigenvalue weighted by atomic mass is 10.1. The lowest BCUT2D eigenvalue weighted by Crippen LogP contribution is -2.26. The zero-order valence-corrected chi connectivity index (χ0v) is 12.0. The predicted octanol–water partition coefficient (Wildman–Crippen LogP) is 1.51. The van der Waals surface area contributed by atoms with Crippen LogP contribution in [0.2, 0.25) is 0 Å². The number of ether oxygens (including phenoxy) is 1. The number of aromatic amines is 1. The summed E-state index contributed by atoms with van der Waals surface area (Å²) in [5.41, 5.74) is 2.98. The van der Waals surface area contributed by atoms with Crippen molar-refractivity contribution in [2.45, 2.75) is 6.54 Å². The Morgan fingerprint density at radius 1 is 1.48 bits per heavy atom. The van der Waals surface area contributed by atoms with Crippen molar-refractivity contribution in [3.63, 3.8) is 0 Å². The van der Waals surface area contributed by atoms with Crippen LogP contribution in [-0.4, -0.2) is 47.0 Å². The van der Waals surface area contributed by atoms with Gasteiger partial charge in [0.15, 0.2) is 0 Å². The minimum Gasteiger partial charge on any atom is -0.497 e. The maximum Gasteiger partial charge on any atom is 0.119 e. The van der Waals surface area contributed by atoms with Crippen molar-refractivity contribution >= 4 is 0 Å². The Hall–Kier alpha value is -2.29. The Kier molecular flexibility index (Phi) is 5.38. The number of benzene rings is 1. The van der Waals surface area contributed by atoms with E-state index >= 15 is 0 Å². The van der Waals surface area contributed by atoms with Crippen LogP contribution in [-0.2, 0) is 6.54 Å². The van der Waals surface area contributed by atoms with Gasteiger partial charge in [0.05, 0.1) is 32.2 Å². The molecule has 110 valence electrons. The fourth-order valence-electron chi connectivity index (χ4n) is 2.18. The summed E-state index contributed by atoms with van der Waals surface area (Å²) in [5, 5.41) is 16.2. The summed E-state index contributed by atoms with van der Waals surface area (Å²) in [5.74, 6) is 3.40. The first-order valence-corrected chi connectivity index (χ1v) is 6.71. The van der Waals surface area contributed by atoms with Gasteiger partial charge in [-0.2, -0.15) is 5.10 Å². The summed E-state index contributed by atoms with van der Waals surface area (Å²) in [6.45, 7) is 1.73. The van der Waals surface area contributed by atoms with Crippen LogP contribution in [0.15, 0.2) is 30.5 Å². The first-order chi connectivity index (χ1) is 10.3. The number of terminal acetylenes is 1. The average molecular weight is 285 g/mol. The van der Waals surface area contributed by atoms with E-state index < -0.39 is 0 Å². The standard InChI is InChI=1S/C16H19N3O2/c1-3-7-19(8-9-20)12-14-11-17-18-16(14)13-5-4-6-15(10-13)21-2/h1,4-6,10-11,20H,7-9,12H2,2H3,(H,17,18). The predicted molar refractivity (Wildman–Crippen MR) is 81.8 cm³/mol. The molecule has 1 aromatic heterocycles. The third-order valence-corrected chi connectivity index (χ3v) is 3.20. The molecule has 0 bridgehead atoms. The maximum atomic E-state index is 9.10. The molecule has 0 radical (unpaired) electrons. The second-order valence-electron chi connectivity index (χ2n) is 4.64. The van der Waals surface area contributed by atoms with Crippen molar-refractivity contribution in [2.75, 3.05) is 26.8 Å². The third-order valence-electron chi connectivity index (χ3n) is 3.20. The number of rotatable bonds is 7. The second kappa shape index (κ2) is 7.48. The van der Waals surface area contributed by atoms with E-state index in [0.29, 0.717) is 19.6 Å². The Bertz CT molecular complexity index is 616. The van der Waals surface area contributed by atoms with Gasteiger partial charge in [-0.1, -0.05) is 18.1 Å². The SMILES string of the molecule is C#CCN(CCO)Cc1cn[nH]c1-c1cccc(OC)c1. The van der Waals surface area contributed by atoms with Crippen LogP contribution in [0, 0.1) is 12.3 Å². The number of aliphatic hydroxyl groups excluding tert-OH is 1. The first kappa shape index (κ1) is 15.1. The summed E-state index contributed by atoms with van der Waals surface area (Å²) in [4.78, 5) is 1.99. The lowest BCUT2D eigenvalue weighted by Gasteiger charge is -2.18. The number of H-pyrrole nitrogens is 1. The van der Waals surface area contributed by atoms with E-state index in [1.807, 2.05) is 29.2 Å². The molecule has 2 aromatic rings. The molecular formula is C16H19N3O2. The molecular weight excluding hydrogens is 266 g/mol. The fourth-order valence-corrected chi connectivity index (χ4v) is 2.18. The molecule has 5 heteroatoms.